The number of nitrogens with zero attached hydrogens (tertiary/aromatic N) is 1. The van der Waals surface area contributed by atoms with E-state index in [-0.39, 0.29) is 11.9 Å². The van der Waals surface area contributed by atoms with Crippen molar-refractivity contribution in [3.05, 3.63) is 34.9 Å². The second-order valence-electron chi connectivity index (χ2n) is 6.08. The summed E-state index contributed by atoms with van der Waals surface area (Å²) in [7, 11) is 0. The molecule has 20 heavy (non-hydrogen) atoms. The predicted molar refractivity (Wildman–Crippen MR) is 82.6 cm³/mol. The van der Waals surface area contributed by atoms with Crippen LogP contribution in [0.25, 0.3) is 0 Å². The summed E-state index contributed by atoms with van der Waals surface area (Å²) < 4.78 is 0. The standard InChI is InChI=1S/C17H26N2O/c1-12-7-8-13(2)15(9-12)10-17(20)19-14(3)5-4-6-16(19)11-18/h7-9,14,16H,4-6,10-11,18H2,1-3H3. The maximum absolute atomic E-state index is 12.7. The Balaban J connectivity index is 2.15. The van der Waals surface area contributed by atoms with Gasteiger partial charge in [0.1, 0.15) is 0 Å². The summed E-state index contributed by atoms with van der Waals surface area (Å²) in [5, 5.41) is 0. The first kappa shape index (κ1) is 15.0. The molecule has 0 radical (unpaired) electrons. The van der Waals surface area contributed by atoms with Crippen molar-refractivity contribution >= 4 is 5.91 Å². The van der Waals surface area contributed by atoms with Gasteiger partial charge in [-0.1, -0.05) is 23.8 Å². The maximum atomic E-state index is 12.7. The normalized spacial score (nSPS) is 22.9. The van der Waals surface area contributed by atoms with Crippen molar-refractivity contribution in [3.8, 4) is 0 Å². The van der Waals surface area contributed by atoms with Crippen LogP contribution in [0.1, 0.15) is 42.9 Å². The molecule has 0 saturated carbocycles. The number of carbonyl (C=O) groups excluding carboxylic acids is 1. The zero-order valence-electron chi connectivity index (χ0n) is 12.9. The van der Waals surface area contributed by atoms with Crippen molar-refractivity contribution in [2.75, 3.05) is 6.54 Å². The molecule has 1 saturated heterocycles. The minimum Gasteiger partial charge on any atom is -0.335 e. The highest BCUT2D eigenvalue weighted by atomic mass is 16.2. The van der Waals surface area contributed by atoms with E-state index in [9.17, 15) is 4.79 Å². The Morgan fingerprint density at radius 3 is 2.80 bits per heavy atom. The zero-order chi connectivity index (χ0) is 14.7. The number of hydrogen-bond acceptors (Lipinski definition) is 2. The molecule has 1 amide bonds. The molecule has 1 heterocycles. The van der Waals surface area contributed by atoms with Gasteiger partial charge in [-0.05, 0) is 51.2 Å². The Morgan fingerprint density at radius 1 is 1.35 bits per heavy atom. The largest absolute Gasteiger partial charge is 0.335 e. The smallest absolute Gasteiger partial charge is 0.227 e. The quantitative estimate of drug-likeness (QED) is 0.921. The van der Waals surface area contributed by atoms with Crippen LogP contribution in [0, 0.1) is 13.8 Å². The van der Waals surface area contributed by atoms with E-state index < -0.39 is 0 Å². The molecule has 0 bridgehead atoms. The number of aryl methyl sites for hydroxylation is 2. The Hall–Kier alpha value is -1.35. The van der Waals surface area contributed by atoms with Crippen LogP contribution in [0.2, 0.25) is 0 Å². The molecule has 1 aliphatic rings. The van der Waals surface area contributed by atoms with Crippen molar-refractivity contribution < 1.29 is 4.79 Å². The molecule has 2 atom stereocenters. The number of benzene rings is 1. The topological polar surface area (TPSA) is 46.3 Å². The summed E-state index contributed by atoms with van der Waals surface area (Å²) in [6.45, 7) is 6.85. The molecule has 2 unspecified atom stereocenters. The third-order valence-electron chi connectivity index (χ3n) is 4.43. The summed E-state index contributed by atoms with van der Waals surface area (Å²) in [6.07, 6.45) is 3.80. The van der Waals surface area contributed by atoms with E-state index in [1.807, 2.05) is 4.90 Å². The number of likely N-dealkylation sites (tertiary alicyclic amines) is 1. The molecule has 2 rings (SSSR count). The fourth-order valence-electron chi connectivity index (χ4n) is 3.21. The summed E-state index contributed by atoms with van der Waals surface area (Å²) >= 11 is 0. The molecule has 1 fully saturated rings. The highest BCUT2D eigenvalue weighted by Crippen LogP contribution is 2.24. The minimum absolute atomic E-state index is 0.219. The Kier molecular flexibility index (Phi) is 4.81. The lowest BCUT2D eigenvalue weighted by molar-refractivity contribution is -0.136. The molecule has 1 aliphatic heterocycles. The third kappa shape index (κ3) is 3.21. The van der Waals surface area contributed by atoms with Crippen molar-refractivity contribution in [1.82, 2.24) is 4.90 Å². The molecular weight excluding hydrogens is 248 g/mol. The van der Waals surface area contributed by atoms with Gasteiger partial charge in [-0.25, -0.2) is 0 Å². The number of rotatable bonds is 3. The van der Waals surface area contributed by atoms with Gasteiger partial charge < -0.3 is 10.6 Å². The third-order valence-corrected chi connectivity index (χ3v) is 4.43. The molecule has 110 valence electrons. The van der Waals surface area contributed by atoms with E-state index in [0.29, 0.717) is 19.0 Å². The lowest BCUT2D eigenvalue weighted by atomic mass is 9.94. The Bertz CT molecular complexity index is 484. The first-order valence-corrected chi connectivity index (χ1v) is 7.60. The molecule has 1 aromatic carbocycles. The van der Waals surface area contributed by atoms with Crippen LogP contribution in [-0.4, -0.2) is 29.4 Å². The van der Waals surface area contributed by atoms with Crippen LogP contribution >= 0.6 is 0 Å². The predicted octanol–water partition coefficient (Wildman–Crippen LogP) is 2.57. The van der Waals surface area contributed by atoms with E-state index in [2.05, 4.69) is 39.0 Å². The van der Waals surface area contributed by atoms with Crippen molar-refractivity contribution in [3.63, 3.8) is 0 Å². The SMILES string of the molecule is Cc1ccc(C)c(CC(=O)N2C(C)CCCC2CN)c1. The van der Waals surface area contributed by atoms with Crippen LogP contribution in [0.15, 0.2) is 18.2 Å². The average molecular weight is 274 g/mol. The van der Waals surface area contributed by atoms with Gasteiger partial charge in [0.15, 0.2) is 0 Å². The maximum Gasteiger partial charge on any atom is 0.227 e. The first-order chi connectivity index (χ1) is 9.52. The van der Waals surface area contributed by atoms with Crippen LogP contribution in [0.5, 0.6) is 0 Å². The Morgan fingerprint density at radius 2 is 2.10 bits per heavy atom. The highest BCUT2D eigenvalue weighted by Gasteiger charge is 2.30. The van der Waals surface area contributed by atoms with Gasteiger partial charge in [0.05, 0.1) is 6.42 Å². The fourth-order valence-corrected chi connectivity index (χ4v) is 3.21. The Labute approximate surface area is 122 Å². The summed E-state index contributed by atoms with van der Waals surface area (Å²) in [5.41, 5.74) is 9.39. The van der Waals surface area contributed by atoms with Crippen LogP contribution < -0.4 is 5.73 Å². The van der Waals surface area contributed by atoms with Gasteiger partial charge in [0, 0.05) is 18.6 Å². The van der Waals surface area contributed by atoms with Gasteiger partial charge in [-0.2, -0.15) is 0 Å². The molecule has 1 aromatic rings. The van der Waals surface area contributed by atoms with Crippen LogP contribution in [-0.2, 0) is 11.2 Å². The molecule has 0 spiro atoms. The lowest BCUT2D eigenvalue weighted by Gasteiger charge is -2.40. The van der Waals surface area contributed by atoms with Gasteiger partial charge in [0.25, 0.3) is 0 Å². The summed E-state index contributed by atoms with van der Waals surface area (Å²) in [4.78, 5) is 14.7. The van der Waals surface area contributed by atoms with E-state index in [1.54, 1.807) is 0 Å². The molecule has 0 aromatic heterocycles. The number of amides is 1. The summed E-state index contributed by atoms with van der Waals surface area (Å²) in [5.74, 6) is 0.223. The zero-order valence-corrected chi connectivity index (χ0v) is 12.9. The highest BCUT2D eigenvalue weighted by molar-refractivity contribution is 5.80. The fraction of sp³-hybridized carbons (Fsp3) is 0.588. The van der Waals surface area contributed by atoms with Crippen molar-refractivity contribution in [1.29, 1.82) is 0 Å². The van der Waals surface area contributed by atoms with Gasteiger partial charge in [0.2, 0.25) is 5.91 Å². The number of nitrogens with two attached hydrogens (primary N) is 1. The second-order valence-corrected chi connectivity index (χ2v) is 6.08. The van der Waals surface area contributed by atoms with Crippen molar-refractivity contribution in [2.45, 2.75) is 58.5 Å². The minimum atomic E-state index is 0.219. The number of carbonyl (C=O) groups is 1. The first-order valence-electron chi connectivity index (χ1n) is 7.60. The van der Waals surface area contributed by atoms with E-state index in [0.717, 1.165) is 18.4 Å². The van der Waals surface area contributed by atoms with E-state index in [1.165, 1.54) is 17.5 Å². The monoisotopic (exact) mass is 274 g/mol. The van der Waals surface area contributed by atoms with Gasteiger partial charge in [-0.15, -0.1) is 0 Å². The van der Waals surface area contributed by atoms with Gasteiger partial charge in [-0.3, -0.25) is 4.79 Å². The summed E-state index contributed by atoms with van der Waals surface area (Å²) in [6, 6.07) is 6.85. The van der Waals surface area contributed by atoms with E-state index >= 15 is 0 Å². The van der Waals surface area contributed by atoms with Gasteiger partial charge >= 0.3 is 0 Å². The molecule has 3 heteroatoms. The molecule has 2 N–H and O–H groups in total. The average Bonchev–Trinajstić information content (AvgIpc) is 2.42. The number of piperidine rings is 1. The lowest BCUT2D eigenvalue weighted by Crippen LogP contribution is -2.52. The van der Waals surface area contributed by atoms with Crippen molar-refractivity contribution in [2.24, 2.45) is 5.73 Å². The molecule has 3 nitrogen and oxygen atoms in total. The van der Waals surface area contributed by atoms with Crippen LogP contribution in [0.4, 0.5) is 0 Å². The second kappa shape index (κ2) is 6.40. The molecular formula is C17H26N2O. The van der Waals surface area contributed by atoms with Crippen LogP contribution in [0.3, 0.4) is 0 Å². The number of hydrogen-bond donors (Lipinski definition) is 1. The van der Waals surface area contributed by atoms with E-state index in [4.69, 9.17) is 5.73 Å². The molecule has 0 aliphatic carbocycles.